The first-order valence-electron chi connectivity index (χ1n) is 9.01. The Kier molecular flexibility index (Phi) is 6.94. The Hall–Kier alpha value is 0.0300. The van der Waals surface area contributed by atoms with Crippen molar-refractivity contribution >= 4 is 11.6 Å². The van der Waals surface area contributed by atoms with Crippen LogP contribution in [0.25, 0.3) is 0 Å². The molecule has 20 heavy (non-hydrogen) atoms. The maximum absolute atomic E-state index is 5.71. The van der Waals surface area contributed by atoms with Crippen molar-refractivity contribution in [2.24, 2.45) is 29.6 Å². The molecule has 2 aliphatic rings. The molecule has 0 spiro atoms. The summed E-state index contributed by atoms with van der Waals surface area (Å²) >= 11 is 5.71. The van der Waals surface area contributed by atoms with Gasteiger partial charge in [-0.25, -0.2) is 0 Å². The molecule has 0 N–H and O–H groups in total. The van der Waals surface area contributed by atoms with Crippen molar-refractivity contribution in [3.63, 3.8) is 0 Å². The van der Waals surface area contributed by atoms with E-state index in [1.807, 2.05) is 0 Å². The standard InChI is InChI=1S/C19H33Cl/c1-3-4-15(2)17-9-11-19(12-10-17)18-7-5-16(6-8-18)13-14-20/h13-19H,3-12H2,1-2H3/b14-13+. The van der Waals surface area contributed by atoms with Crippen LogP contribution in [0.3, 0.4) is 0 Å². The van der Waals surface area contributed by atoms with Crippen LogP contribution in [0.4, 0.5) is 0 Å². The van der Waals surface area contributed by atoms with E-state index in [1.165, 1.54) is 64.2 Å². The third-order valence-electron chi connectivity index (χ3n) is 6.19. The maximum Gasteiger partial charge on any atom is 0.000525 e. The zero-order valence-electron chi connectivity index (χ0n) is 13.5. The molecule has 2 fully saturated rings. The number of rotatable bonds is 5. The summed E-state index contributed by atoms with van der Waals surface area (Å²) in [7, 11) is 0. The van der Waals surface area contributed by atoms with Gasteiger partial charge in [0, 0.05) is 5.54 Å². The smallest absolute Gasteiger partial charge is 0.000525 e. The lowest BCUT2D eigenvalue weighted by molar-refractivity contribution is 0.133. The SMILES string of the molecule is CCCC(C)C1CCC(C2CCC(/C=C/Cl)CC2)CC1. The van der Waals surface area contributed by atoms with Gasteiger partial charge in [0.05, 0.1) is 0 Å². The van der Waals surface area contributed by atoms with Crippen molar-refractivity contribution in [3.05, 3.63) is 11.6 Å². The Labute approximate surface area is 131 Å². The van der Waals surface area contributed by atoms with Gasteiger partial charge in [0.1, 0.15) is 0 Å². The second-order valence-corrected chi connectivity index (χ2v) is 7.69. The Morgan fingerprint density at radius 3 is 2.00 bits per heavy atom. The highest BCUT2D eigenvalue weighted by atomic mass is 35.5. The third kappa shape index (κ3) is 4.52. The number of hydrogen-bond acceptors (Lipinski definition) is 0. The van der Waals surface area contributed by atoms with Crippen LogP contribution in [-0.4, -0.2) is 0 Å². The van der Waals surface area contributed by atoms with E-state index in [0.717, 1.165) is 29.6 Å². The van der Waals surface area contributed by atoms with Crippen molar-refractivity contribution in [1.29, 1.82) is 0 Å². The first kappa shape index (κ1) is 16.4. The average Bonchev–Trinajstić information content (AvgIpc) is 2.49. The van der Waals surface area contributed by atoms with Gasteiger partial charge < -0.3 is 0 Å². The van der Waals surface area contributed by atoms with E-state index < -0.39 is 0 Å². The van der Waals surface area contributed by atoms with Crippen LogP contribution >= 0.6 is 11.6 Å². The molecular formula is C19H33Cl. The first-order chi connectivity index (χ1) is 9.74. The van der Waals surface area contributed by atoms with Crippen LogP contribution in [0.5, 0.6) is 0 Å². The summed E-state index contributed by atoms with van der Waals surface area (Å²) in [5.74, 6) is 4.83. The van der Waals surface area contributed by atoms with E-state index in [0.29, 0.717) is 0 Å². The van der Waals surface area contributed by atoms with Gasteiger partial charge in [-0.05, 0) is 81.0 Å². The fraction of sp³-hybridized carbons (Fsp3) is 0.895. The molecule has 0 aliphatic heterocycles. The van der Waals surface area contributed by atoms with Crippen LogP contribution in [-0.2, 0) is 0 Å². The van der Waals surface area contributed by atoms with Crippen molar-refractivity contribution < 1.29 is 0 Å². The van der Waals surface area contributed by atoms with Gasteiger partial charge in [-0.3, -0.25) is 0 Å². The summed E-state index contributed by atoms with van der Waals surface area (Å²) in [5.41, 5.74) is 1.73. The van der Waals surface area contributed by atoms with E-state index in [2.05, 4.69) is 19.9 Å². The summed E-state index contributed by atoms with van der Waals surface area (Å²) in [6.07, 6.45) is 16.7. The van der Waals surface area contributed by atoms with Crippen LogP contribution < -0.4 is 0 Å². The highest BCUT2D eigenvalue weighted by Crippen LogP contribution is 2.43. The number of hydrogen-bond donors (Lipinski definition) is 0. The topological polar surface area (TPSA) is 0 Å². The van der Waals surface area contributed by atoms with Gasteiger partial charge >= 0.3 is 0 Å². The molecule has 116 valence electrons. The van der Waals surface area contributed by atoms with Gasteiger partial charge in [0.15, 0.2) is 0 Å². The number of halogens is 1. The molecule has 0 aromatic rings. The average molecular weight is 297 g/mol. The van der Waals surface area contributed by atoms with Gasteiger partial charge in [-0.15, -0.1) is 0 Å². The van der Waals surface area contributed by atoms with E-state index in [9.17, 15) is 0 Å². The quantitative estimate of drug-likeness (QED) is 0.524. The molecule has 0 amide bonds. The van der Waals surface area contributed by atoms with Crippen LogP contribution in [0.2, 0.25) is 0 Å². The predicted molar refractivity (Wildman–Crippen MR) is 90.0 cm³/mol. The Morgan fingerprint density at radius 1 is 0.950 bits per heavy atom. The highest BCUT2D eigenvalue weighted by Gasteiger charge is 2.31. The first-order valence-corrected chi connectivity index (χ1v) is 9.45. The highest BCUT2D eigenvalue weighted by molar-refractivity contribution is 6.25. The predicted octanol–water partition coefficient (Wildman–Crippen LogP) is 6.79. The molecule has 2 saturated carbocycles. The van der Waals surface area contributed by atoms with E-state index in [-0.39, 0.29) is 0 Å². The van der Waals surface area contributed by atoms with Crippen molar-refractivity contribution in [2.45, 2.75) is 78.1 Å². The Morgan fingerprint density at radius 2 is 1.50 bits per heavy atom. The van der Waals surface area contributed by atoms with E-state index in [4.69, 9.17) is 11.6 Å². The molecule has 0 bridgehead atoms. The maximum atomic E-state index is 5.71. The molecule has 0 saturated heterocycles. The van der Waals surface area contributed by atoms with Crippen LogP contribution in [0, 0.1) is 29.6 Å². The van der Waals surface area contributed by atoms with Gasteiger partial charge in [0.25, 0.3) is 0 Å². The van der Waals surface area contributed by atoms with Crippen molar-refractivity contribution in [3.8, 4) is 0 Å². The zero-order chi connectivity index (χ0) is 14.4. The molecule has 0 aromatic carbocycles. The summed E-state index contributed by atoms with van der Waals surface area (Å²) in [4.78, 5) is 0. The van der Waals surface area contributed by atoms with Gasteiger partial charge in [0.2, 0.25) is 0 Å². The van der Waals surface area contributed by atoms with E-state index in [1.54, 1.807) is 5.54 Å². The molecule has 0 heterocycles. The summed E-state index contributed by atoms with van der Waals surface area (Å²) < 4.78 is 0. The molecule has 2 aliphatic carbocycles. The Bertz CT molecular complexity index is 280. The monoisotopic (exact) mass is 296 g/mol. The fourth-order valence-electron chi connectivity index (χ4n) is 4.79. The minimum absolute atomic E-state index is 0.768. The molecule has 0 aromatic heterocycles. The second kappa shape index (κ2) is 8.47. The van der Waals surface area contributed by atoms with Gasteiger partial charge in [-0.2, -0.15) is 0 Å². The molecule has 1 atom stereocenters. The molecular weight excluding hydrogens is 264 g/mol. The zero-order valence-corrected chi connectivity index (χ0v) is 14.2. The van der Waals surface area contributed by atoms with Gasteiger partial charge in [-0.1, -0.05) is 44.4 Å². The third-order valence-corrected chi connectivity index (χ3v) is 6.34. The normalized spacial score (nSPS) is 37.1. The summed E-state index contributed by atoms with van der Waals surface area (Å²) in [6, 6.07) is 0. The minimum atomic E-state index is 0.768. The van der Waals surface area contributed by atoms with Crippen LogP contribution in [0.1, 0.15) is 78.1 Å². The molecule has 1 heteroatoms. The lowest BCUT2D eigenvalue weighted by Gasteiger charge is -2.38. The minimum Gasteiger partial charge on any atom is -0.0933 e. The van der Waals surface area contributed by atoms with E-state index >= 15 is 0 Å². The molecule has 0 radical (unpaired) electrons. The fourth-order valence-corrected chi connectivity index (χ4v) is 4.99. The molecule has 0 nitrogen and oxygen atoms in total. The van der Waals surface area contributed by atoms with Crippen LogP contribution in [0.15, 0.2) is 11.6 Å². The summed E-state index contributed by atoms with van der Waals surface area (Å²) in [5, 5.41) is 0. The lowest BCUT2D eigenvalue weighted by Crippen LogP contribution is -2.27. The molecule has 2 rings (SSSR count). The Balaban J connectivity index is 1.72. The largest absolute Gasteiger partial charge is 0.0933 e. The lowest BCUT2D eigenvalue weighted by atomic mass is 9.67. The second-order valence-electron chi connectivity index (χ2n) is 7.43. The number of allylic oxidation sites excluding steroid dienone is 1. The molecule has 1 unspecified atom stereocenters. The van der Waals surface area contributed by atoms with Crippen molar-refractivity contribution in [2.75, 3.05) is 0 Å². The summed E-state index contributed by atoms with van der Waals surface area (Å²) in [6.45, 7) is 4.81. The van der Waals surface area contributed by atoms with Crippen molar-refractivity contribution in [1.82, 2.24) is 0 Å².